The van der Waals surface area contributed by atoms with E-state index in [0.29, 0.717) is 23.3 Å². The molecule has 0 spiro atoms. The number of rotatable bonds is 7. The minimum atomic E-state index is -1.20. The number of aromatic nitrogens is 5. The van der Waals surface area contributed by atoms with E-state index in [0.717, 1.165) is 30.3 Å². The number of anilines is 3. The molecular formula is C24H17F4N7OS. The first kappa shape index (κ1) is 24.3. The molecule has 0 saturated carbocycles. The Morgan fingerprint density at radius 1 is 1.05 bits per heavy atom. The van der Waals surface area contributed by atoms with Crippen LogP contribution in [0.1, 0.15) is 21.6 Å². The summed E-state index contributed by atoms with van der Waals surface area (Å²) in [7, 11) is 1.74. The summed E-state index contributed by atoms with van der Waals surface area (Å²) in [6.45, 7) is 1.78. The van der Waals surface area contributed by atoms with Crippen LogP contribution in [0.3, 0.4) is 0 Å². The summed E-state index contributed by atoms with van der Waals surface area (Å²) in [6, 6.07) is 4.75. The number of halogens is 4. The second kappa shape index (κ2) is 9.58. The molecule has 37 heavy (non-hydrogen) atoms. The van der Waals surface area contributed by atoms with E-state index in [1.165, 1.54) is 12.5 Å². The maximum Gasteiger partial charge on any atom is 0.201 e. The quantitative estimate of drug-likeness (QED) is 0.143. The number of fused-ring (bicyclic) bond motifs is 1. The van der Waals surface area contributed by atoms with Crippen molar-refractivity contribution in [3.05, 3.63) is 89.1 Å². The predicted molar refractivity (Wildman–Crippen MR) is 131 cm³/mol. The van der Waals surface area contributed by atoms with Crippen molar-refractivity contribution in [3.63, 3.8) is 0 Å². The fraction of sp³-hybridized carbons (Fsp3) is 0.0833. The molecule has 0 fully saturated rings. The Morgan fingerprint density at radius 3 is 2.59 bits per heavy atom. The molecule has 8 nitrogen and oxygen atoms in total. The van der Waals surface area contributed by atoms with Gasteiger partial charge < -0.3 is 15.0 Å². The topological polar surface area (TPSA) is 101 Å². The Bertz CT molecular complexity index is 1670. The van der Waals surface area contributed by atoms with Crippen LogP contribution in [0.15, 0.2) is 53.9 Å². The first-order valence-corrected chi connectivity index (χ1v) is 11.5. The lowest BCUT2D eigenvalue weighted by atomic mass is 10.0. The molecule has 0 radical (unpaired) electrons. The Labute approximate surface area is 211 Å². The summed E-state index contributed by atoms with van der Waals surface area (Å²) in [5.74, 6) is -4.45. The zero-order valence-corrected chi connectivity index (χ0v) is 20.1. The van der Waals surface area contributed by atoms with E-state index in [1.807, 2.05) is 0 Å². The molecule has 3 aromatic heterocycles. The molecule has 0 aliphatic rings. The van der Waals surface area contributed by atoms with Crippen molar-refractivity contribution >= 4 is 46.0 Å². The highest BCUT2D eigenvalue weighted by atomic mass is 32.2. The third-order valence-corrected chi connectivity index (χ3v) is 6.32. The predicted octanol–water partition coefficient (Wildman–Crippen LogP) is 5.65. The molecule has 13 heteroatoms. The molecule has 0 aliphatic carbocycles. The van der Waals surface area contributed by atoms with Crippen molar-refractivity contribution in [1.29, 1.82) is 0 Å². The van der Waals surface area contributed by atoms with Gasteiger partial charge in [-0.05, 0) is 49.2 Å². The third-order valence-electron chi connectivity index (χ3n) is 5.46. The van der Waals surface area contributed by atoms with E-state index in [2.05, 4.69) is 30.1 Å². The van der Waals surface area contributed by atoms with Gasteiger partial charge in [0, 0.05) is 19.4 Å². The Kier molecular flexibility index (Phi) is 6.29. The number of benzene rings is 2. The molecule has 0 bridgehead atoms. The summed E-state index contributed by atoms with van der Waals surface area (Å²) in [5.41, 5.74) is 0.360. The summed E-state index contributed by atoms with van der Waals surface area (Å²) >= 11 is 0.579. The molecule has 5 rings (SSSR count). The van der Waals surface area contributed by atoms with Crippen LogP contribution in [0.4, 0.5) is 34.8 Å². The van der Waals surface area contributed by atoms with Gasteiger partial charge >= 0.3 is 0 Å². The molecule has 0 aliphatic heterocycles. The highest BCUT2D eigenvalue weighted by Crippen LogP contribution is 2.33. The lowest BCUT2D eigenvalue weighted by molar-refractivity contribution is 0.103. The highest BCUT2D eigenvalue weighted by molar-refractivity contribution is 8.00. The van der Waals surface area contributed by atoms with Crippen molar-refractivity contribution in [2.75, 3.05) is 10.0 Å². The van der Waals surface area contributed by atoms with E-state index in [4.69, 9.17) is 0 Å². The van der Waals surface area contributed by atoms with Crippen LogP contribution in [-0.2, 0) is 7.05 Å². The van der Waals surface area contributed by atoms with Gasteiger partial charge in [0.1, 0.15) is 35.2 Å². The fourth-order valence-corrected chi connectivity index (χ4v) is 4.44. The number of aryl methyl sites for hydroxylation is 2. The van der Waals surface area contributed by atoms with Gasteiger partial charge in [0.05, 0.1) is 38.5 Å². The van der Waals surface area contributed by atoms with Crippen molar-refractivity contribution in [3.8, 4) is 0 Å². The average Bonchev–Trinajstić information content (AvgIpc) is 3.43. The third kappa shape index (κ3) is 4.60. The zero-order valence-electron chi connectivity index (χ0n) is 19.2. The van der Waals surface area contributed by atoms with Crippen molar-refractivity contribution < 1.29 is 22.4 Å². The number of aromatic amines is 1. The molecule has 2 aromatic carbocycles. The molecule has 5 aromatic rings. The minimum absolute atomic E-state index is 0.0709. The SMILES string of the molecule is Cc1nn(C)cc1Nc1ncnc2[nH]cc(C(=O)c3c(F)ccc(NSc4cc(F)ccc4F)c3F)c12. The summed E-state index contributed by atoms with van der Waals surface area (Å²) < 4.78 is 61.7. The smallest absolute Gasteiger partial charge is 0.201 e. The van der Waals surface area contributed by atoms with E-state index in [9.17, 15) is 18.0 Å². The highest BCUT2D eigenvalue weighted by Gasteiger charge is 2.26. The van der Waals surface area contributed by atoms with Crippen LogP contribution in [0.5, 0.6) is 0 Å². The normalized spacial score (nSPS) is 11.2. The number of nitrogens with zero attached hydrogens (tertiary/aromatic N) is 4. The Hall–Kier alpha value is -4.39. The van der Waals surface area contributed by atoms with Crippen molar-refractivity contribution in [2.24, 2.45) is 7.05 Å². The van der Waals surface area contributed by atoms with Crippen molar-refractivity contribution in [2.45, 2.75) is 11.8 Å². The second-order valence-electron chi connectivity index (χ2n) is 7.97. The number of carbonyl (C=O) groups is 1. The molecule has 3 heterocycles. The summed E-state index contributed by atoms with van der Waals surface area (Å²) in [5, 5.41) is 7.55. The lowest BCUT2D eigenvalue weighted by Gasteiger charge is -2.11. The van der Waals surface area contributed by atoms with E-state index < -0.39 is 34.6 Å². The molecule has 3 N–H and O–H groups in total. The van der Waals surface area contributed by atoms with Gasteiger partial charge in [0.2, 0.25) is 5.78 Å². The summed E-state index contributed by atoms with van der Waals surface area (Å²) in [4.78, 5) is 24.4. The molecule has 0 saturated heterocycles. The van der Waals surface area contributed by atoms with Crippen LogP contribution in [-0.4, -0.2) is 30.5 Å². The largest absolute Gasteiger partial charge is 0.345 e. The van der Waals surface area contributed by atoms with Gasteiger partial charge in [-0.25, -0.2) is 27.5 Å². The lowest BCUT2D eigenvalue weighted by Crippen LogP contribution is -2.10. The fourth-order valence-electron chi connectivity index (χ4n) is 3.73. The van der Waals surface area contributed by atoms with Gasteiger partial charge in [0.25, 0.3) is 0 Å². The van der Waals surface area contributed by atoms with Gasteiger partial charge in [-0.3, -0.25) is 9.48 Å². The van der Waals surface area contributed by atoms with Gasteiger partial charge in [-0.2, -0.15) is 5.10 Å². The van der Waals surface area contributed by atoms with Crippen LogP contribution < -0.4 is 10.0 Å². The molecule has 0 unspecified atom stereocenters. The number of carbonyl (C=O) groups excluding carboxylic acids is 1. The first-order chi connectivity index (χ1) is 17.7. The monoisotopic (exact) mass is 527 g/mol. The maximum atomic E-state index is 15.4. The molecule has 0 atom stereocenters. The minimum Gasteiger partial charge on any atom is -0.345 e. The zero-order chi connectivity index (χ0) is 26.3. The first-order valence-electron chi connectivity index (χ1n) is 10.7. The van der Waals surface area contributed by atoms with Gasteiger partial charge in [-0.15, -0.1) is 0 Å². The Balaban J connectivity index is 1.51. The standard InChI is InChI=1S/C24H17F4N7OS/c1-11-17(9-35(2)33-11)32-24-19-13(8-29-23(19)30-10-31-24)22(36)20-15(27)5-6-16(21(20)28)34-37-18-7-12(25)3-4-14(18)26/h3-10,34H,1-2H3,(H2,29,30,31,32). The van der Waals surface area contributed by atoms with Gasteiger partial charge in [0.15, 0.2) is 5.82 Å². The number of H-pyrrole nitrogens is 1. The number of hydrogen-bond acceptors (Lipinski definition) is 7. The van der Waals surface area contributed by atoms with Crippen LogP contribution in [0, 0.1) is 30.2 Å². The second-order valence-corrected chi connectivity index (χ2v) is 8.82. The van der Waals surface area contributed by atoms with E-state index in [-0.39, 0.29) is 33.0 Å². The number of hydrogen-bond donors (Lipinski definition) is 3. The van der Waals surface area contributed by atoms with E-state index >= 15 is 4.39 Å². The number of ketones is 1. The van der Waals surface area contributed by atoms with Crippen LogP contribution in [0.25, 0.3) is 11.0 Å². The van der Waals surface area contributed by atoms with Crippen molar-refractivity contribution in [1.82, 2.24) is 24.7 Å². The summed E-state index contributed by atoms with van der Waals surface area (Å²) in [6.07, 6.45) is 4.28. The van der Waals surface area contributed by atoms with Crippen LogP contribution in [0.2, 0.25) is 0 Å². The average molecular weight is 528 g/mol. The van der Waals surface area contributed by atoms with E-state index in [1.54, 1.807) is 24.9 Å². The molecule has 188 valence electrons. The van der Waals surface area contributed by atoms with Gasteiger partial charge in [-0.1, -0.05) is 0 Å². The molecular weight excluding hydrogens is 510 g/mol. The number of nitrogens with one attached hydrogen (secondary N) is 3. The molecule has 0 amide bonds. The van der Waals surface area contributed by atoms with Crippen LogP contribution >= 0.6 is 11.9 Å². The maximum absolute atomic E-state index is 15.4. The Morgan fingerprint density at radius 2 is 1.84 bits per heavy atom.